The van der Waals surface area contributed by atoms with E-state index < -0.39 is 0 Å². The molecular formula is C26H68N6O2Ti2. The van der Waals surface area contributed by atoms with E-state index in [2.05, 4.69) is 52.7 Å². The van der Waals surface area contributed by atoms with Crippen LogP contribution < -0.4 is 0 Å². The van der Waals surface area contributed by atoms with Crippen LogP contribution in [0.1, 0.15) is 72.1 Å². The summed E-state index contributed by atoms with van der Waals surface area (Å²) in [4.78, 5) is 0. The first-order chi connectivity index (χ1) is 16.2. The molecule has 2 radical (unpaired) electrons. The van der Waals surface area contributed by atoms with Gasteiger partial charge in [-0.15, -0.1) is 0 Å². The van der Waals surface area contributed by atoms with Crippen LogP contribution in [0.5, 0.6) is 0 Å². The Balaban J connectivity index is -0.0000000282. The van der Waals surface area contributed by atoms with Crippen LogP contribution in [0.25, 0.3) is 31.9 Å². The Morgan fingerprint density at radius 3 is 0.917 bits per heavy atom. The molecule has 0 aliphatic carbocycles. The van der Waals surface area contributed by atoms with Crippen molar-refractivity contribution in [2.24, 2.45) is 5.92 Å². The summed E-state index contributed by atoms with van der Waals surface area (Å²) in [6.07, 6.45) is 9.51. The van der Waals surface area contributed by atoms with Gasteiger partial charge in [-0.1, -0.05) is 59.3 Å². The van der Waals surface area contributed by atoms with Gasteiger partial charge >= 0.3 is 43.4 Å². The predicted octanol–water partition coefficient (Wildman–Crippen LogP) is 7.47. The van der Waals surface area contributed by atoms with Crippen molar-refractivity contribution in [1.29, 1.82) is 0 Å². The molecule has 8 nitrogen and oxygen atoms in total. The number of hydrogen-bond donors (Lipinski definition) is 2. The van der Waals surface area contributed by atoms with Crippen LogP contribution in [0.2, 0.25) is 0 Å². The molecule has 0 bridgehead atoms. The first-order valence-electron chi connectivity index (χ1n) is 12.3. The fourth-order valence-corrected chi connectivity index (χ4v) is 1.46. The van der Waals surface area contributed by atoms with Gasteiger partial charge in [0.25, 0.3) is 0 Å². The Labute approximate surface area is 260 Å². The van der Waals surface area contributed by atoms with Gasteiger partial charge in [0.15, 0.2) is 0 Å². The second-order valence-corrected chi connectivity index (χ2v) is 7.07. The van der Waals surface area contributed by atoms with Crippen LogP contribution >= 0.6 is 0 Å². The van der Waals surface area contributed by atoms with Crippen molar-refractivity contribution in [3.8, 4) is 0 Å². The zero-order valence-electron chi connectivity index (χ0n) is 27.2. The molecule has 0 rings (SSSR count). The van der Waals surface area contributed by atoms with Crippen LogP contribution in [0.4, 0.5) is 0 Å². The second kappa shape index (κ2) is 110. The molecule has 0 spiro atoms. The maximum absolute atomic E-state index is 8.75. The molecule has 1 unspecified atom stereocenters. The van der Waals surface area contributed by atoms with E-state index in [0.29, 0.717) is 19.1 Å². The minimum Gasteiger partial charge on any atom is -0.668 e. The molecular weight excluding hydrogens is 524 g/mol. The van der Waals surface area contributed by atoms with Crippen molar-refractivity contribution >= 4 is 0 Å². The molecule has 36 heavy (non-hydrogen) atoms. The Kier molecular flexibility index (Phi) is 201. The second-order valence-electron chi connectivity index (χ2n) is 7.07. The van der Waals surface area contributed by atoms with Gasteiger partial charge in [-0.25, -0.2) is 0 Å². The maximum Gasteiger partial charge on any atom is 3.00 e. The first kappa shape index (κ1) is 65.8. The average Bonchev–Trinajstić information content (AvgIpc) is 2.79. The van der Waals surface area contributed by atoms with Crippen LogP contribution in [-0.4, -0.2) is 108 Å². The van der Waals surface area contributed by atoms with E-state index >= 15 is 0 Å². The van der Waals surface area contributed by atoms with Crippen LogP contribution in [0, 0.1) is 5.92 Å². The summed E-state index contributed by atoms with van der Waals surface area (Å²) in [6, 6.07) is 0. The molecule has 0 aromatic heterocycles. The van der Waals surface area contributed by atoms with Gasteiger partial charge in [-0.3, -0.25) is 0 Å². The van der Waals surface area contributed by atoms with Crippen LogP contribution in [0.15, 0.2) is 0 Å². The van der Waals surface area contributed by atoms with E-state index in [9.17, 15) is 0 Å². The third-order valence-electron chi connectivity index (χ3n) is 2.81. The molecule has 0 amide bonds. The standard InChI is InChI=1S/C8H18O.C6H14O.6C2H6N.2Ti/c1-3-5-6-8(4-2)7-9;1-2-3-4-5-6-7;6*1-3-2;;/h8-9H,3-7H2,1-2H3;7H,2-6H2,1H3;6*1-2H3;;/q;;6*-1;2*+3. The molecule has 0 saturated heterocycles. The van der Waals surface area contributed by atoms with Crippen molar-refractivity contribution in [1.82, 2.24) is 0 Å². The molecule has 2 N–H and O–H groups in total. The molecule has 0 fully saturated rings. The molecule has 0 saturated carbocycles. The molecule has 0 aliphatic rings. The summed E-state index contributed by atoms with van der Waals surface area (Å²) in [7, 11) is 21.0. The van der Waals surface area contributed by atoms with Crippen LogP contribution in [0.3, 0.4) is 0 Å². The summed E-state index contributed by atoms with van der Waals surface area (Å²) in [5, 5.41) is 38.0. The number of rotatable bonds is 9. The topological polar surface area (TPSA) is 125 Å². The van der Waals surface area contributed by atoms with Gasteiger partial charge in [-0.05, 0) is 18.8 Å². The van der Waals surface area contributed by atoms with Crippen molar-refractivity contribution in [2.75, 3.05) is 97.8 Å². The van der Waals surface area contributed by atoms with E-state index in [1.54, 1.807) is 84.6 Å². The van der Waals surface area contributed by atoms with Crippen molar-refractivity contribution < 1.29 is 53.6 Å². The normalized spacial score (nSPS) is 8.25. The van der Waals surface area contributed by atoms with Crippen molar-refractivity contribution in [3.63, 3.8) is 0 Å². The molecule has 0 aromatic carbocycles. The number of unbranched alkanes of at least 4 members (excludes halogenated alkanes) is 4. The molecule has 0 aromatic rings. The van der Waals surface area contributed by atoms with Gasteiger partial charge in [0.1, 0.15) is 0 Å². The largest absolute Gasteiger partial charge is 3.00 e. The molecule has 10 heteroatoms. The Hall–Kier alpha value is 1.11. The quantitative estimate of drug-likeness (QED) is 0.213. The summed E-state index contributed by atoms with van der Waals surface area (Å²) < 4.78 is 0. The van der Waals surface area contributed by atoms with Gasteiger partial charge in [0.05, 0.1) is 0 Å². The fraction of sp³-hybridized carbons (Fsp3) is 1.00. The van der Waals surface area contributed by atoms with Gasteiger partial charge in [0.2, 0.25) is 0 Å². The molecule has 222 valence electrons. The van der Waals surface area contributed by atoms with Crippen LogP contribution in [-0.2, 0) is 43.4 Å². The third-order valence-corrected chi connectivity index (χ3v) is 2.81. The Morgan fingerprint density at radius 1 is 0.472 bits per heavy atom. The molecule has 0 heterocycles. The number of aliphatic hydroxyl groups excluding tert-OH is 2. The fourth-order valence-electron chi connectivity index (χ4n) is 1.46. The van der Waals surface area contributed by atoms with E-state index in [1.165, 1.54) is 38.5 Å². The summed E-state index contributed by atoms with van der Waals surface area (Å²) in [5.41, 5.74) is 0. The number of aliphatic hydroxyl groups is 2. The SMILES string of the molecule is CCCCC(CC)CO.CCCCCCO.C[N-]C.C[N-]C.C[N-]C.C[N-]C.C[N-]C.C[N-]C.[Ti+3].[Ti+3]. The van der Waals surface area contributed by atoms with E-state index in [1.807, 2.05) is 0 Å². The molecule has 1 atom stereocenters. The third kappa shape index (κ3) is 238. The van der Waals surface area contributed by atoms with Crippen molar-refractivity contribution in [2.45, 2.75) is 72.1 Å². The minimum absolute atomic E-state index is 0. The molecule has 0 aliphatic heterocycles. The summed E-state index contributed by atoms with van der Waals surface area (Å²) >= 11 is 0. The predicted molar refractivity (Wildman–Crippen MR) is 163 cm³/mol. The monoisotopic (exact) mass is 592 g/mol. The van der Waals surface area contributed by atoms with Gasteiger partial charge in [-0.2, -0.15) is 84.6 Å². The zero-order valence-corrected chi connectivity index (χ0v) is 30.3. The van der Waals surface area contributed by atoms with Gasteiger partial charge in [0, 0.05) is 13.2 Å². The first-order valence-corrected chi connectivity index (χ1v) is 12.3. The number of hydrogen-bond acceptors (Lipinski definition) is 2. The van der Waals surface area contributed by atoms with E-state index in [-0.39, 0.29) is 43.4 Å². The summed E-state index contributed by atoms with van der Waals surface area (Å²) in [6.45, 7) is 7.22. The average molecular weight is 593 g/mol. The number of nitrogens with zero attached hydrogens (tertiary/aromatic N) is 6. The Bertz CT molecular complexity index is 182. The Morgan fingerprint density at radius 2 is 0.750 bits per heavy atom. The zero-order chi connectivity index (χ0) is 28.9. The van der Waals surface area contributed by atoms with Gasteiger partial charge < -0.3 is 42.1 Å². The smallest absolute Gasteiger partial charge is 0.668 e. The summed E-state index contributed by atoms with van der Waals surface area (Å²) in [5.74, 6) is 0.560. The van der Waals surface area contributed by atoms with E-state index in [4.69, 9.17) is 10.2 Å². The van der Waals surface area contributed by atoms with Crippen molar-refractivity contribution in [3.05, 3.63) is 31.9 Å². The maximum atomic E-state index is 8.75. The minimum atomic E-state index is 0. The van der Waals surface area contributed by atoms with E-state index in [0.717, 1.165) is 12.8 Å².